The summed E-state index contributed by atoms with van der Waals surface area (Å²) in [5.74, 6) is -2.14. The minimum Gasteiger partial charge on any atom is -0.459 e. The van der Waals surface area contributed by atoms with Crippen LogP contribution in [0, 0.1) is 5.92 Å². The Balaban J connectivity index is 1.52. The van der Waals surface area contributed by atoms with Crippen LogP contribution in [0.4, 0.5) is 16.2 Å². The van der Waals surface area contributed by atoms with E-state index >= 15 is 4.39 Å². The number of amides is 1. The van der Waals surface area contributed by atoms with E-state index < -0.39 is 49.3 Å². The lowest BCUT2D eigenvalue weighted by Crippen LogP contribution is -2.49. The SMILES string of the molecule is CNc1nc(NC(=O)C(C)C)nc2c1ncn2[C@@H]1O[C@H](COC(=O)c2ccccc2)[C@@H](OC(=O)c2ccccc2)[C@]1(F)CO. The predicted octanol–water partition coefficient (Wildman–Crippen LogP) is 3.14. The summed E-state index contributed by atoms with van der Waals surface area (Å²) in [6, 6.07) is 16.1. The number of hydrogen-bond acceptors (Lipinski definition) is 11. The summed E-state index contributed by atoms with van der Waals surface area (Å²) in [6.07, 6.45) is -3.49. The molecule has 44 heavy (non-hydrogen) atoms. The van der Waals surface area contributed by atoms with Gasteiger partial charge in [0.05, 0.1) is 24.1 Å². The lowest BCUT2D eigenvalue weighted by atomic mass is 9.96. The molecule has 0 spiro atoms. The average Bonchev–Trinajstić information content (AvgIpc) is 3.58. The van der Waals surface area contributed by atoms with Crippen molar-refractivity contribution < 1.29 is 38.1 Å². The Hall–Kier alpha value is -4.95. The molecular formula is C30H31FN6O7. The Bertz CT molecular complexity index is 1650. The molecule has 1 aliphatic heterocycles. The molecule has 13 nitrogen and oxygen atoms in total. The van der Waals surface area contributed by atoms with Crippen molar-refractivity contribution in [3.63, 3.8) is 0 Å². The molecule has 3 N–H and O–H groups in total. The Morgan fingerprint density at radius 2 is 1.68 bits per heavy atom. The molecule has 14 heteroatoms. The van der Waals surface area contributed by atoms with Gasteiger partial charge in [0.2, 0.25) is 17.5 Å². The van der Waals surface area contributed by atoms with Gasteiger partial charge in [0.1, 0.15) is 12.7 Å². The maximum absolute atomic E-state index is 17.1. The number of imidazole rings is 1. The van der Waals surface area contributed by atoms with Crippen molar-refractivity contribution in [3.8, 4) is 0 Å². The first-order valence-corrected chi connectivity index (χ1v) is 13.8. The fourth-order valence-electron chi connectivity index (χ4n) is 4.71. The largest absolute Gasteiger partial charge is 0.459 e. The summed E-state index contributed by atoms with van der Waals surface area (Å²) < 4.78 is 35.4. The van der Waals surface area contributed by atoms with E-state index in [9.17, 15) is 19.5 Å². The van der Waals surface area contributed by atoms with Crippen LogP contribution in [-0.4, -0.2) is 80.6 Å². The van der Waals surface area contributed by atoms with Gasteiger partial charge in [-0.05, 0) is 24.3 Å². The van der Waals surface area contributed by atoms with Crippen LogP contribution in [0.25, 0.3) is 11.2 Å². The third kappa shape index (κ3) is 5.94. The van der Waals surface area contributed by atoms with Gasteiger partial charge in [0.15, 0.2) is 29.3 Å². The van der Waals surface area contributed by atoms with Crippen LogP contribution in [0.2, 0.25) is 0 Å². The number of esters is 2. The zero-order valence-corrected chi connectivity index (χ0v) is 24.1. The monoisotopic (exact) mass is 606 g/mol. The predicted molar refractivity (Wildman–Crippen MR) is 156 cm³/mol. The third-order valence-corrected chi connectivity index (χ3v) is 7.07. The second-order valence-electron chi connectivity index (χ2n) is 10.4. The second-order valence-corrected chi connectivity index (χ2v) is 10.4. The van der Waals surface area contributed by atoms with Gasteiger partial charge in [-0.3, -0.25) is 14.7 Å². The van der Waals surface area contributed by atoms with Crippen LogP contribution < -0.4 is 10.6 Å². The lowest BCUT2D eigenvalue weighted by molar-refractivity contribution is -0.118. The number of nitrogens with zero attached hydrogens (tertiary/aromatic N) is 4. The van der Waals surface area contributed by atoms with Crippen molar-refractivity contribution in [2.24, 2.45) is 5.92 Å². The Kier molecular flexibility index (Phi) is 8.83. The topological polar surface area (TPSA) is 167 Å². The standard InChI is InChI=1S/C30H31FN6O7/c1-17(2)25(39)36-29-34-23(32-3)21-24(35-29)37(16-33-21)28-30(31,15-38)22(44-27(41)19-12-8-5-9-13-19)20(43-28)14-42-26(40)18-10-6-4-7-11-18/h4-13,16-17,20,22,28,38H,14-15H2,1-3H3,(H2,32,34,35,36,39)/t20-,22-,28-,30-/m1/s1. The van der Waals surface area contributed by atoms with Crippen LogP contribution in [0.1, 0.15) is 40.8 Å². The molecular weight excluding hydrogens is 575 g/mol. The van der Waals surface area contributed by atoms with E-state index in [0.29, 0.717) is 0 Å². The van der Waals surface area contributed by atoms with Gasteiger partial charge < -0.3 is 24.6 Å². The highest BCUT2D eigenvalue weighted by atomic mass is 19.1. The Labute approximate surface area is 251 Å². The number of hydrogen-bond donors (Lipinski definition) is 3. The highest BCUT2D eigenvalue weighted by Crippen LogP contribution is 2.45. The number of rotatable bonds is 10. The summed E-state index contributed by atoms with van der Waals surface area (Å²) in [5.41, 5.74) is -2.09. The van der Waals surface area contributed by atoms with Crippen molar-refractivity contribution >= 4 is 40.8 Å². The number of ether oxygens (including phenoxy) is 3. The van der Waals surface area contributed by atoms with Gasteiger partial charge in [0.25, 0.3) is 0 Å². The number of halogens is 1. The molecule has 0 saturated carbocycles. The van der Waals surface area contributed by atoms with Crippen molar-refractivity contribution in [2.45, 2.75) is 38.0 Å². The van der Waals surface area contributed by atoms with Crippen LogP contribution in [0.15, 0.2) is 67.0 Å². The molecule has 1 amide bonds. The van der Waals surface area contributed by atoms with Gasteiger partial charge in [-0.1, -0.05) is 50.2 Å². The molecule has 1 aliphatic rings. The van der Waals surface area contributed by atoms with Gasteiger partial charge >= 0.3 is 11.9 Å². The third-order valence-electron chi connectivity index (χ3n) is 7.07. The van der Waals surface area contributed by atoms with Gasteiger partial charge in [-0.2, -0.15) is 9.97 Å². The fraction of sp³-hybridized carbons (Fsp3) is 0.333. The molecule has 230 valence electrons. The number of fused-ring (bicyclic) bond motifs is 1. The molecule has 3 heterocycles. The number of anilines is 2. The van der Waals surface area contributed by atoms with Crippen molar-refractivity contribution in [3.05, 3.63) is 78.1 Å². The molecule has 4 aromatic rings. The number of alkyl halides is 1. The molecule has 4 atom stereocenters. The lowest BCUT2D eigenvalue weighted by Gasteiger charge is -2.29. The Morgan fingerprint density at radius 1 is 1.05 bits per heavy atom. The molecule has 0 bridgehead atoms. The summed E-state index contributed by atoms with van der Waals surface area (Å²) >= 11 is 0. The van der Waals surface area contributed by atoms with Gasteiger partial charge in [-0.15, -0.1) is 0 Å². The van der Waals surface area contributed by atoms with E-state index in [2.05, 4.69) is 25.6 Å². The molecule has 5 rings (SSSR count). The molecule has 1 fully saturated rings. The highest BCUT2D eigenvalue weighted by Gasteiger charge is 2.61. The first-order chi connectivity index (χ1) is 21.2. The van der Waals surface area contributed by atoms with Crippen molar-refractivity contribution in [1.82, 2.24) is 19.5 Å². The van der Waals surface area contributed by atoms with Gasteiger partial charge in [0, 0.05) is 13.0 Å². The summed E-state index contributed by atoms with van der Waals surface area (Å²) in [5, 5.41) is 15.9. The van der Waals surface area contributed by atoms with Crippen molar-refractivity contribution in [2.75, 3.05) is 30.9 Å². The normalized spacial score (nSPS) is 21.3. The van der Waals surface area contributed by atoms with Crippen LogP contribution >= 0.6 is 0 Å². The zero-order valence-electron chi connectivity index (χ0n) is 24.1. The van der Waals surface area contributed by atoms with Crippen LogP contribution in [-0.2, 0) is 19.0 Å². The maximum Gasteiger partial charge on any atom is 0.338 e. The summed E-state index contributed by atoms with van der Waals surface area (Å²) in [7, 11) is 1.59. The van der Waals surface area contributed by atoms with Crippen LogP contribution in [0.5, 0.6) is 0 Å². The number of carbonyl (C=O) groups excluding carboxylic acids is 3. The quantitative estimate of drug-likeness (QED) is 0.227. The molecule has 0 aliphatic carbocycles. The van der Waals surface area contributed by atoms with E-state index in [1.807, 2.05) is 0 Å². The molecule has 0 unspecified atom stereocenters. The number of nitrogens with one attached hydrogen (secondary N) is 2. The molecule has 2 aromatic heterocycles. The number of carbonyl (C=O) groups is 3. The van der Waals surface area contributed by atoms with Gasteiger partial charge in [-0.25, -0.2) is 19.0 Å². The summed E-state index contributed by atoms with van der Waals surface area (Å²) in [4.78, 5) is 51.1. The highest BCUT2D eigenvalue weighted by molar-refractivity contribution is 5.93. The number of aromatic nitrogens is 4. The Morgan fingerprint density at radius 3 is 2.27 bits per heavy atom. The zero-order chi connectivity index (χ0) is 31.4. The second kappa shape index (κ2) is 12.7. The van der Waals surface area contributed by atoms with E-state index in [-0.39, 0.29) is 45.9 Å². The first-order valence-electron chi connectivity index (χ1n) is 13.8. The summed E-state index contributed by atoms with van der Waals surface area (Å²) in [6.45, 7) is 1.74. The van der Waals surface area contributed by atoms with E-state index in [1.54, 1.807) is 69.4 Å². The minimum atomic E-state index is -2.76. The van der Waals surface area contributed by atoms with E-state index in [4.69, 9.17) is 14.2 Å². The molecule has 0 radical (unpaired) electrons. The van der Waals surface area contributed by atoms with Crippen molar-refractivity contribution in [1.29, 1.82) is 0 Å². The smallest absolute Gasteiger partial charge is 0.338 e. The number of benzene rings is 2. The molecule has 1 saturated heterocycles. The molecule has 2 aromatic carbocycles. The minimum absolute atomic E-state index is 0.0546. The average molecular weight is 607 g/mol. The number of aliphatic hydroxyl groups excluding tert-OH is 1. The van der Waals surface area contributed by atoms with E-state index in [1.165, 1.54) is 23.0 Å². The van der Waals surface area contributed by atoms with E-state index in [0.717, 1.165) is 0 Å². The fourth-order valence-corrected chi connectivity index (χ4v) is 4.71. The maximum atomic E-state index is 17.1. The first kappa shape index (κ1) is 30.5. The van der Waals surface area contributed by atoms with Crippen LogP contribution in [0.3, 0.4) is 0 Å². The number of aliphatic hydroxyl groups is 1.